The molecule has 2 unspecified atom stereocenters. The highest BCUT2D eigenvalue weighted by Crippen LogP contribution is 2.23. The monoisotopic (exact) mass is 425 g/mol. The normalized spacial score (nSPS) is 20.4. The van der Waals surface area contributed by atoms with Gasteiger partial charge < -0.3 is 15.0 Å². The van der Waals surface area contributed by atoms with Gasteiger partial charge in [0.2, 0.25) is 5.91 Å². The lowest BCUT2D eigenvalue weighted by molar-refractivity contribution is -0.125. The molecule has 7 heteroatoms. The van der Waals surface area contributed by atoms with Crippen LogP contribution in [0, 0.1) is 5.82 Å². The summed E-state index contributed by atoms with van der Waals surface area (Å²) < 4.78 is 18.9. The highest BCUT2D eigenvalue weighted by molar-refractivity contribution is 5.97. The van der Waals surface area contributed by atoms with Gasteiger partial charge in [-0.25, -0.2) is 4.39 Å². The Kier molecular flexibility index (Phi) is 6.94. The highest BCUT2D eigenvalue weighted by Gasteiger charge is 2.35. The molecule has 2 aromatic rings. The molecule has 0 spiro atoms. The Morgan fingerprint density at radius 2 is 1.74 bits per heavy atom. The topological polar surface area (TPSA) is 61.9 Å². The van der Waals surface area contributed by atoms with Gasteiger partial charge in [-0.2, -0.15) is 0 Å². The van der Waals surface area contributed by atoms with Crippen LogP contribution in [-0.4, -0.2) is 67.0 Å². The number of nitrogens with zero attached hydrogens (tertiary/aromatic N) is 2. The first-order chi connectivity index (χ1) is 15.1. The SMILES string of the molecule is O=C(NCC(c1ccc(F)cc1)N1CCOCC1)C1CCCN1C(=O)c1ccccc1. The van der Waals surface area contributed by atoms with E-state index in [1.54, 1.807) is 29.2 Å². The van der Waals surface area contributed by atoms with Crippen LogP contribution in [0.4, 0.5) is 4.39 Å². The third-order valence-electron chi connectivity index (χ3n) is 6.05. The van der Waals surface area contributed by atoms with E-state index < -0.39 is 6.04 Å². The number of hydrogen-bond acceptors (Lipinski definition) is 4. The van der Waals surface area contributed by atoms with Crippen molar-refractivity contribution >= 4 is 11.8 Å². The van der Waals surface area contributed by atoms with Gasteiger partial charge in [0.15, 0.2) is 0 Å². The summed E-state index contributed by atoms with van der Waals surface area (Å²) in [7, 11) is 0. The zero-order valence-electron chi connectivity index (χ0n) is 17.5. The molecule has 2 saturated heterocycles. The van der Waals surface area contributed by atoms with E-state index in [4.69, 9.17) is 4.74 Å². The van der Waals surface area contributed by atoms with Gasteiger partial charge >= 0.3 is 0 Å². The first kappa shape index (κ1) is 21.5. The molecule has 2 fully saturated rings. The number of rotatable bonds is 6. The van der Waals surface area contributed by atoms with Gasteiger partial charge in [0.25, 0.3) is 5.91 Å². The lowest BCUT2D eigenvalue weighted by atomic mass is 10.0. The van der Waals surface area contributed by atoms with E-state index in [1.807, 2.05) is 18.2 Å². The van der Waals surface area contributed by atoms with Gasteiger partial charge in [-0.05, 0) is 42.7 Å². The number of halogens is 1. The van der Waals surface area contributed by atoms with Crippen molar-refractivity contribution in [1.29, 1.82) is 0 Å². The first-order valence-corrected chi connectivity index (χ1v) is 10.8. The first-order valence-electron chi connectivity index (χ1n) is 10.8. The van der Waals surface area contributed by atoms with Crippen LogP contribution in [0.25, 0.3) is 0 Å². The number of benzene rings is 2. The number of carbonyl (C=O) groups is 2. The predicted molar refractivity (Wildman–Crippen MR) is 115 cm³/mol. The molecule has 2 aliphatic heterocycles. The molecule has 31 heavy (non-hydrogen) atoms. The van der Waals surface area contributed by atoms with Crippen molar-refractivity contribution in [2.45, 2.75) is 24.9 Å². The second kappa shape index (κ2) is 10.0. The molecule has 6 nitrogen and oxygen atoms in total. The molecule has 2 amide bonds. The number of hydrogen-bond donors (Lipinski definition) is 1. The summed E-state index contributed by atoms with van der Waals surface area (Å²) in [4.78, 5) is 29.9. The van der Waals surface area contributed by atoms with Crippen molar-refractivity contribution in [3.63, 3.8) is 0 Å². The Balaban J connectivity index is 1.44. The lowest BCUT2D eigenvalue weighted by Gasteiger charge is -2.35. The molecule has 2 aromatic carbocycles. The van der Waals surface area contributed by atoms with Crippen LogP contribution in [0.1, 0.15) is 34.8 Å². The largest absolute Gasteiger partial charge is 0.379 e. The van der Waals surface area contributed by atoms with Crippen LogP contribution in [0.2, 0.25) is 0 Å². The van der Waals surface area contributed by atoms with Gasteiger partial charge in [-0.1, -0.05) is 30.3 Å². The number of carbonyl (C=O) groups excluding carboxylic acids is 2. The molecular weight excluding hydrogens is 397 g/mol. The van der Waals surface area contributed by atoms with Gasteiger partial charge in [0.05, 0.1) is 19.3 Å². The minimum Gasteiger partial charge on any atom is -0.379 e. The zero-order chi connectivity index (χ0) is 21.6. The minimum atomic E-state index is -0.466. The van der Waals surface area contributed by atoms with Gasteiger partial charge in [0, 0.05) is 31.7 Å². The average molecular weight is 426 g/mol. The van der Waals surface area contributed by atoms with Crippen molar-refractivity contribution in [1.82, 2.24) is 15.1 Å². The lowest BCUT2D eigenvalue weighted by Crippen LogP contribution is -2.49. The second-order valence-electron chi connectivity index (χ2n) is 7.98. The number of ether oxygens (including phenoxy) is 1. The summed E-state index contributed by atoms with van der Waals surface area (Å²) in [5.41, 5.74) is 1.55. The molecule has 0 aromatic heterocycles. The summed E-state index contributed by atoms with van der Waals surface area (Å²) in [6.45, 7) is 3.74. The minimum absolute atomic E-state index is 0.0758. The van der Waals surface area contributed by atoms with Crippen LogP contribution in [-0.2, 0) is 9.53 Å². The van der Waals surface area contributed by atoms with Gasteiger partial charge in [0.1, 0.15) is 11.9 Å². The maximum atomic E-state index is 13.4. The van der Waals surface area contributed by atoms with Crippen LogP contribution in [0.3, 0.4) is 0 Å². The maximum absolute atomic E-state index is 13.4. The van der Waals surface area contributed by atoms with E-state index in [9.17, 15) is 14.0 Å². The predicted octanol–water partition coefficient (Wildman–Crippen LogP) is 2.62. The Morgan fingerprint density at radius 3 is 2.45 bits per heavy atom. The molecule has 0 radical (unpaired) electrons. The zero-order valence-corrected chi connectivity index (χ0v) is 17.5. The maximum Gasteiger partial charge on any atom is 0.254 e. The van der Waals surface area contributed by atoms with Crippen LogP contribution < -0.4 is 5.32 Å². The Hall–Kier alpha value is -2.77. The van der Waals surface area contributed by atoms with E-state index in [0.29, 0.717) is 38.3 Å². The van der Waals surface area contributed by atoms with E-state index in [0.717, 1.165) is 25.1 Å². The van der Waals surface area contributed by atoms with Crippen molar-refractivity contribution in [2.24, 2.45) is 0 Å². The van der Waals surface area contributed by atoms with Crippen LogP contribution in [0.5, 0.6) is 0 Å². The molecule has 2 aliphatic rings. The van der Waals surface area contributed by atoms with E-state index in [1.165, 1.54) is 12.1 Å². The molecular formula is C24H28FN3O3. The number of morpholine rings is 1. The van der Waals surface area contributed by atoms with Crippen LogP contribution in [0.15, 0.2) is 54.6 Å². The summed E-state index contributed by atoms with van der Waals surface area (Å²) >= 11 is 0. The van der Waals surface area contributed by atoms with E-state index >= 15 is 0 Å². The standard InChI is InChI=1S/C24H28FN3O3/c25-20-10-8-18(9-11-20)22(27-13-15-31-16-14-27)17-26-23(29)21-7-4-12-28(21)24(30)19-5-2-1-3-6-19/h1-3,5-6,8-11,21-22H,4,7,12-17H2,(H,26,29). The Bertz CT molecular complexity index is 885. The fourth-order valence-electron chi connectivity index (χ4n) is 4.38. The summed E-state index contributed by atoms with van der Waals surface area (Å²) in [5.74, 6) is -0.529. The van der Waals surface area contributed by atoms with Gasteiger partial charge in [-0.15, -0.1) is 0 Å². The quantitative estimate of drug-likeness (QED) is 0.773. The molecule has 0 aliphatic carbocycles. The molecule has 1 N–H and O–H groups in total. The Morgan fingerprint density at radius 1 is 1.03 bits per heavy atom. The number of likely N-dealkylation sites (tertiary alicyclic amines) is 1. The molecule has 2 atom stereocenters. The van der Waals surface area contributed by atoms with E-state index in [2.05, 4.69) is 10.2 Å². The molecule has 2 heterocycles. The van der Waals surface area contributed by atoms with Crippen molar-refractivity contribution < 1.29 is 18.7 Å². The second-order valence-corrected chi connectivity index (χ2v) is 7.98. The van der Waals surface area contributed by atoms with Crippen molar-refractivity contribution in [2.75, 3.05) is 39.4 Å². The summed E-state index contributed by atoms with van der Waals surface area (Å²) in [6, 6.07) is 15.0. The van der Waals surface area contributed by atoms with Crippen molar-refractivity contribution in [3.05, 3.63) is 71.5 Å². The molecule has 4 rings (SSSR count). The average Bonchev–Trinajstić information content (AvgIpc) is 3.31. The smallest absolute Gasteiger partial charge is 0.254 e. The van der Waals surface area contributed by atoms with Crippen molar-refractivity contribution in [3.8, 4) is 0 Å². The Labute approximate surface area is 182 Å². The molecule has 0 saturated carbocycles. The van der Waals surface area contributed by atoms with Crippen LogP contribution >= 0.6 is 0 Å². The molecule has 164 valence electrons. The summed E-state index contributed by atoms with van der Waals surface area (Å²) in [5, 5.41) is 3.06. The fourth-order valence-corrected chi connectivity index (χ4v) is 4.38. The van der Waals surface area contributed by atoms with E-state index in [-0.39, 0.29) is 23.7 Å². The number of amides is 2. The third-order valence-corrected chi connectivity index (χ3v) is 6.05. The third kappa shape index (κ3) is 5.11. The summed E-state index contributed by atoms with van der Waals surface area (Å²) in [6.07, 6.45) is 1.46. The van der Waals surface area contributed by atoms with Gasteiger partial charge in [-0.3, -0.25) is 14.5 Å². The highest BCUT2D eigenvalue weighted by atomic mass is 19.1. The number of nitrogens with one attached hydrogen (secondary N) is 1. The fraction of sp³-hybridized carbons (Fsp3) is 0.417. The molecule has 0 bridgehead atoms.